The zero-order valence-corrected chi connectivity index (χ0v) is 25.8. The fourth-order valence-electron chi connectivity index (χ4n) is 5.08. The molecule has 0 saturated carbocycles. The van der Waals surface area contributed by atoms with Gasteiger partial charge in [-0.15, -0.1) is 0 Å². The number of amides is 1. The van der Waals surface area contributed by atoms with Gasteiger partial charge in [-0.1, -0.05) is 83.9 Å². The summed E-state index contributed by atoms with van der Waals surface area (Å²) in [5.41, 5.74) is 5.43. The molecule has 5 rings (SSSR count). The number of nitrogens with zero attached hydrogens (tertiary/aromatic N) is 2. The molecule has 44 heavy (non-hydrogen) atoms. The SMILES string of the molecule is CC(=O)O[C@@H](C)C(=O)NCc1cccc(-c2cccc([C@H]3O[C@@H](Cn4cnc(Cl)c4Cl)C[C@@H](c4ccc(CO)cc4)O3)c2)c1. The Morgan fingerprint density at radius 2 is 1.75 bits per heavy atom. The quantitative estimate of drug-likeness (QED) is 0.200. The zero-order valence-electron chi connectivity index (χ0n) is 24.3. The Kier molecular flexibility index (Phi) is 10.3. The van der Waals surface area contributed by atoms with Crippen LogP contribution in [0, 0.1) is 0 Å². The van der Waals surface area contributed by atoms with Crippen LogP contribution in [0.15, 0.2) is 79.1 Å². The molecule has 0 radical (unpaired) electrons. The van der Waals surface area contributed by atoms with Crippen molar-refractivity contribution < 1.29 is 28.9 Å². The number of hydrogen-bond donors (Lipinski definition) is 2. The topological polar surface area (TPSA) is 112 Å². The summed E-state index contributed by atoms with van der Waals surface area (Å²) in [7, 11) is 0. The molecule has 1 aromatic heterocycles. The van der Waals surface area contributed by atoms with E-state index in [0.29, 0.717) is 18.1 Å². The number of esters is 1. The van der Waals surface area contributed by atoms with Crippen molar-refractivity contribution in [1.29, 1.82) is 0 Å². The summed E-state index contributed by atoms with van der Waals surface area (Å²) in [5, 5.41) is 12.9. The summed E-state index contributed by atoms with van der Waals surface area (Å²) in [5.74, 6) is -0.874. The number of nitrogens with one attached hydrogen (secondary N) is 1. The van der Waals surface area contributed by atoms with Crippen LogP contribution in [0.1, 0.15) is 54.9 Å². The maximum Gasteiger partial charge on any atom is 0.303 e. The smallest absolute Gasteiger partial charge is 0.303 e. The van der Waals surface area contributed by atoms with Crippen molar-refractivity contribution in [3.8, 4) is 11.1 Å². The number of aromatic nitrogens is 2. The fraction of sp³-hybridized carbons (Fsp3) is 0.303. The molecule has 3 aromatic carbocycles. The van der Waals surface area contributed by atoms with Gasteiger partial charge in [-0.25, -0.2) is 4.98 Å². The third-order valence-electron chi connectivity index (χ3n) is 7.35. The lowest BCUT2D eigenvalue weighted by molar-refractivity contribution is -0.252. The number of hydrogen-bond acceptors (Lipinski definition) is 7. The van der Waals surface area contributed by atoms with Gasteiger partial charge in [-0.2, -0.15) is 0 Å². The second kappa shape index (κ2) is 14.4. The fourth-order valence-corrected chi connectivity index (χ4v) is 5.40. The molecule has 230 valence electrons. The maximum atomic E-state index is 12.3. The Labute approximate surface area is 265 Å². The van der Waals surface area contributed by atoms with E-state index >= 15 is 0 Å². The summed E-state index contributed by atoms with van der Waals surface area (Å²) >= 11 is 12.4. The summed E-state index contributed by atoms with van der Waals surface area (Å²) in [4.78, 5) is 27.6. The molecule has 2 N–H and O–H groups in total. The molecule has 4 atom stereocenters. The summed E-state index contributed by atoms with van der Waals surface area (Å²) in [6.45, 7) is 3.49. The van der Waals surface area contributed by atoms with E-state index in [-0.39, 0.29) is 36.4 Å². The number of imidazole rings is 1. The summed E-state index contributed by atoms with van der Waals surface area (Å²) in [6, 6.07) is 23.5. The van der Waals surface area contributed by atoms with Gasteiger partial charge in [0.2, 0.25) is 0 Å². The van der Waals surface area contributed by atoms with Gasteiger partial charge in [0.05, 0.1) is 31.7 Å². The van der Waals surface area contributed by atoms with Gasteiger partial charge in [-0.05, 0) is 46.9 Å². The molecular weight excluding hydrogens is 605 g/mol. The van der Waals surface area contributed by atoms with E-state index in [1.54, 1.807) is 10.9 Å². The van der Waals surface area contributed by atoms with Crippen LogP contribution in [-0.2, 0) is 43.5 Å². The van der Waals surface area contributed by atoms with E-state index in [0.717, 1.165) is 33.4 Å². The van der Waals surface area contributed by atoms with Gasteiger partial charge in [0, 0.05) is 25.5 Å². The largest absolute Gasteiger partial charge is 0.453 e. The molecule has 0 unspecified atom stereocenters. The highest BCUT2D eigenvalue weighted by Gasteiger charge is 2.33. The van der Waals surface area contributed by atoms with Crippen LogP contribution in [0.2, 0.25) is 10.3 Å². The molecule has 11 heteroatoms. The standard InChI is InChI=1S/C33H33Cl2N3O6/c1-20(42-21(2)40)32(41)36-16-23-5-3-6-25(13-23)26-7-4-8-27(14-26)33-43-28(17-38-19-37-30(34)31(38)35)15-29(44-33)24-11-9-22(18-39)10-12-24/h3-14,19-20,28-29,33,39H,15-18H2,1-2H3,(H,36,41)/t20-,28+,29-,33-/m0/s1. The van der Waals surface area contributed by atoms with Crippen LogP contribution < -0.4 is 5.32 Å². The minimum absolute atomic E-state index is 0.0339. The van der Waals surface area contributed by atoms with Gasteiger partial charge < -0.3 is 29.2 Å². The van der Waals surface area contributed by atoms with Gasteiger partial charge in [0.1, 0.15) is 5.15 Å². The normalized spacial score (nSPS) is 18.9. The van der Waals surface area contributed by atoms with Crippen molar-refractivity contribution in [2.24, 2.45) is 0 Å². The van der Waals surface area contributed by atoms with Crippen molar-refractivity contribution >= 4 is 35.1 Å². The number of halogens is 2. The summed E-state index contributed by atoms with van der Waals surface area (Å²) in [6.07, 6.45) is 0.101. The average Bonchev–Trinajstić information content (AvgIpc) is 3.35. The molecule has 0 spiro atoms. The molecule has 1 saturated heterocycles. The first-order chi connectivity index (χ1) is 21.2. The van der Waals surface area contributed by atoms with Crippen LogP contribution in [-0.4, -0.2) is 38.7 Å². The molecule has 1 amide bonds. The van der Waals surface area contributed by atoms with Crippen molar-refractivity contribution in [3.63, 3.8) is 0 Å². The van der Waals surface area contributed by atoms with Crippen LogP contribution in [0.4, 0.5) is 0 Å². The lowest BCUT2D eigenvalue weighted by Crippen LogP contribution is -2.35. The van der Waals surface area contributed by atoms with Crippen LogP contribution in [0.25, 0.3) is 11.1 Å². The highest BCUT2D eigenvalue weighted by atomic mass is 35.5. The lowest BCUT2D eigenvalue weighted by atomic mass is 9.98. The van der Waals surface area contributed by atoms with Crippen molar-refractivity contribution in [3.05, 3.63) is 112 Å². The number of carbonyl (C=O) groups is 2. The van der Waals surface area contributed by atoms with E-state index in [9.17, 15) is 14.7 Å². The second-order valence-electron chi connectivity index (χ2n) is 10.6. The third kappa shape index (κ3) is 7.85. The van der Waals surface area contributed by atoms with Crippen molar-refractivity contribution in [2.75, 3.05) is 0 Å². The van der Waals surface area contributed by atoms with E-state index in [2.05, 4.69) is 10.3 Å². The third-order valence-corrected chi connectivity index (χ3v) is 8.12. The van der Waals surface area contributed by atoms with Gasteiger partial charge in [0.15, 0.2) is 17.5 Å². The highest BCUT2D eigenvalue weighted by molar-refractivity contribution is 6.40. The van der Waals surface area contributed by atoms with Crippen LogP contribution in [0.3, 0.4) is 0 Å². The van der Waals surface area contributed by atoms with E-state index in [1.165, 1.54) is 13.8 Å². The second-order valence-corrected chi connectivity index (χ2v) is 11.3. The Morgan fingerprint density at radius 1 is 1.02 bits per heavy atom. The monoisotopic (exact) mass is 637 g/mol. The Bertz CT molecular complexity index is 1610. The molecule has 2 heterocycles. The molecule has 1 aliphatic rings. The predicted octanol–water partition coefficient (Wildman–Crippen LogP) is 6.16. The molecule has 0 bridgehead atoms. The number of rotatable bonds is 10. The van der Waals surface area contributed by atoms with Crippen LogP contribution in [0.5, 0.6) is 0 Å². The Hall–Kier alpha value is -3.73. The van der Waals surface area contributed by atoms with E-state index in [1.807, 2.05) is 72.8 Å². The van der Waals surface area contributed by atoms with Crippen molar-refractivity contribution in [1.82, 2.24) is 14.9 Å². The Balaban J connectivity index is 1.36. The summed E-state index contributed by atoms with van der Waals surface area (Å²) < 4.78 is 19.7. The maximum absolute atomic E-state index is 12.3. The molecule has 0 aliphatic carbocycles. The van der Waals surface area contributed by atoms with E-state index < -0.39 is 18.4 Å². The van der Waals surface area contributed by atoms with E-state index in [4.69, 9.17) is 37.4 Å². The minimum Gasteiger partial charge on any atom is -0.453 e. The number of carbonyl (C=O) groups excluding carboxylic acids is 2. The number of aliphatic hydroxyl groups is 1. The first kappa shape index (κ1) is 31.7. The van der Waals surface area contributed by atoms with Crippen LogP contribution >= 0.6 is 23.2 Å². The molecule has 1 fully saturated rings. The predicted molar refractivity (Wildman–Crippen MR) is 166 cm³/mol. The average molecular weight is 639 g/mol. The zero-order chi connectivity index (χ0) is 31.2. The highest BCUT2D eigenvalue weighted by Crippen LogP contribution is 2.39. The van der Waals surface area contributed by atoms with Gasteiger partial charge in [-0.3, -0.25) is 9.59 Å². The van der Waals surface area contributed by atoms with Gasteiger partial charge in [0.25, 0.3) is 5.91 Å². The number of benzene rings is 3. The number of ether oxygens (including phenoxy) is 3. The van der Waals surface area contributed by atoms with Crippen molar-refractivity contribution in [2.45, 2.75) is 64.6 Å². The molecule has 9 nitrogen and oxygen atoms in total. The van der Waals surface area contributed by atoms with Gasteiger partial charge >= 0.3 is 5.97 Å². The first-order valence-corrected chi connectivity index (χ1v) is 15.0. The first-order valence-electron chi connectivity index (χ1n) is 14.2. The molecular formula is C33H33Cl2N3O6. The minimum atomic E-state index is -0.870. The molecule has 1 aliphatic heterocycles. The number of aliphatic hydroxyl groups excluding tert-OH is 1. The Morgan fingerprint density at radius 3 is 2.43 bits per heavy atom. The lowest BCUT2D eigenvalue weighted by Gasteiger charge is -2.36. The molecule has 4 aromatic rings.